The van der Waals surface area contributed by atoms with E-state index in [1.165, 1.54) is 17.5 Å². The summed E-state index contributed by atoms with van der Waals surface area (Å²) in [5.74, 6) is 0.474. The molecule has 1 aromatic heterocycles. The summed E-state index contributed by atoms with van der Waals surface area (Å²) in [5, 5.41) is 10.0. The molecule has 2 N–H and O–H groups in total. The zero-order valence-electron chi connectivity index (χ0n) is 15.9. The summed E-state index contributed by atoms with van der Waals surface area (Å²) in [4.78, 5) is 25.0. The van der Waals surface area contributed by atoms with Gasteiger partial charge in [0.05, 0.1) is 5.69 Å². The van der Waals surface area contributed by atoms with Gasteiger partial charge in [0, 0.05) is 29.6 Å². The zero-order valence-corrected chi connectivity index (χ0v) is 15.9. The molecule has 3 aliphatic carbocycles. The predicted molar refractivity (Wildman–Crippen MR) is 104 cm³/mol. The number of nitrogens with zero attached hydrogens (tertiary/aromatic N) is 1. The number of aryl methyl sites for hydroxylation is 2. The van der Waals surface area contributed by atoms with Crippen molar-refractivity contribution in [3.05, 3.63) is 46.8 Å². The normalized spacial score (nSPS) is 23.4. The van der Waals surface area contributed by atoms with E-state index in [0.29, 0.717) is 12.3 Å². The van der Waals surface area contributed by atoms with Crippen molar-refractivity contribution < 1.29 is 14.1 Å². The maximum absolute atomic E-state index is 12.6. The van der Waals surface area contributed by atoms with Crippen molar-refractivity contribution in [2.75, 3.05) is 5.32 Å². The number of amides is 2. The third kappa shape index (κ3) is 3.55. The fourth-order valence-electron chi connectivity index (χ4n) is 4.47. The molecular weight excluding hydrogens is 354 g/mol. The standard InChI is InChI=1S/C22H25N3O3/c26-21(23-17-8-6-13-2-1-3-15(13)10-17)16-7-9-18(11-16)24-22(27)20-12-19(25-28-20)14-4-5-14/h6,8,10,12,14,16,18H,1-5,7,9,11H2,(H,23,26)(H,24,27)/t16-,18+/m1/s1. The molecule has 2 saturated carbocycles. The molecule has 1 aromatic carbocycles. The van der Waals surface area contributed by atoms with Crippen LogP contribution < -0.4 is 10.6 Å². The van der Waals surface area contributed by atoms with Crippen molar-refractivity contribution in [3.8, 4) is 0 Å². The minimum atomic E-state index is -0.232. The highest BCUT2D eigenvalue weighted by Crippen LogP contribution is 2.39. The second kappa shape index (κ2) is 7.08. The first-order valence-electron chi connectivity index (χ1n) is 10.4. The van der Waals surface area contributed by atoms with Gasteiger partial charge in [-0.05, 0) is 74.6 Å². The molecular formula is C22H25N3O3. The number of nitrogens with one attached hydrogen (secondary N) is 2. The first kappa shape index (κ1) is 17.5. The van der Waals surface area contributed by atoms with Gasteiger partial charge >= 0.3 is 0 Å². The number of aromatic nitrogens is 1. The van der Waals surface area contributed by atoms with Crippen LogP contribution in [-0.2, 0) is 17.6 Å². The summed E-state index contributed by atoms with van der Waals surface area (Å²) in [6.07, 6.45) is 7.93. The molecule has 0 spiro atoms. The fraction of sp³-hybridized carbons (Fsp3) is 0.500. The average Bonchev–Trinajstić information content (AvgIpc) is 3.11. The molecule has 146 valence electrons. The topological polar surface area (TPSA) is 84.2 Å². The Labute approximate surface area is 164 Å². The zero-order chi connectivity index (χ0) is 19.1. The number of fused-ring (bicyclic) bond motifs is 1. The van der Waals surface area contributed by atoms with E-state index < -0.39 is 0 Å². The van der Waals surface area contributed by atoms with Gasteiger partial charge in [-0.15, -0.1) is 0 Å². The fourth-order valence-corrected chi connectivity index (χ4v) is 4.47. The third-order valence-electron chi connectivity index (χ3n) is 6.25. The van der Waals surface area contributed by atoms with Crippen molar-refractivity contribution in [1.82, 2.24) is 10.5 Å². The lowest BCUT2D eigenvalue weighted by Crippen LogP contribution is -2.33. The van der Waals surface area contributed by atoms with Crippen LogP contribution in [-0.4, -0.2) is 23.0 Å². The Morgan fingerprint density at radius 2 is 1.89 bits per heavy atom. The van der Waals surface area contributed by atoms with E-state index in [1.807, 2.05) is 6.07 Å². The Kier molecular flexibility index (Phi) is 4.41. The molecule has 28 heavy (non-hydrogen) atoms. The lowest BCUT2D eigenvalue weighted by atomic mass is 10.1. The summed E-state index contributed by atoms with van der Waals surface area (Å²) in [7, 11) is 0. The number of rotatable bonds is 5. The molecule has 1 heterocycles. The molecule has 2 atom stereocenters. The van der Waals surface area contributed by atoms with Crippen LogP contribution in [0.3, 0.4) is 0 Å². The molecule has 2 aromatic rings. The van der Waals surface area contributed by atoms with Crippen molar-refractivity contribution >= 4 is 17.5 Å². The smallest absolute Gasteiger partial charge is 0.290 e. The minimum Gasteiger partial charge on any atom is -0.351 e. The van der Waals surface area contributed by atoms with E-state index in [4.69, 9.17) is 4.52 Å². The second-order valence-electron chi connectivity index (χ2n) is 8.40. The van der Waals surface area contributed by atoms with Crippen molar-refractivity contribution in [3.63, 3.8) is 0 Å². The molecule has 0 saturated heterocycles. The van der Waals surface area contributed by atoms with E-state index >= 15 is 0 Å². The Morgan fingerprint density at radius 1 is 1.04 bits per heavy atom. The van der Waals surface area contributed by atoms with E-state index in [9.17, 15) is 9.59 Å². The second-order valence-corrected chi connectivity index (χ2v) is 8.40. The number of hydrogen-bond acceptors (Lipinski definition) is 4. The van der Waals surface area contributed by atoms with E-state index in [1.54, 1.807) is 6.07 Å². The minimum absolute atomic E-state index is 0.00209. The number of hydrogen-bond donors (Lipinski definition) is 2. The maximum Gasteiger partial charge on any atom is 0.290 e. The van der Waals surface area contributed by atoms with Gasteiger partial charge in [0.2, 0.25) is 11.7 Å². The molecule has 6 heteroatoms. The number of carbonyl (C=O) groups is 2. The summed E-state index contributed by atoms with van der Waals surface area (Å²) in [5.41, 5.74) is 4.52. The highest BCUT2D eigenvalue weighted by molar-refractivity contribution is 5.94. The first-order chi connectivity index (χ1) is 13.7. The largest absolute Gasteiger partial charge is 0.351 e. The highest BCUT2D eigenvalue weighted by atomic mass is 16.5. The van der Waals surface area contributed by atoms with Gasteiger partial charge in [0.15, 0.2) is 0 Å². The molecule has 3 aliphatic rings. The summed E-state index contributed by atoms with van der Waals surface area (Å²) < 4.78 is 5.19. The van der Waals surface area contributed by atoms with Gasteiger partial charge in [0.1, 0.15) is 0 Å². The van der Waals surface area contributed by atoms with Crippen LogP contribution in [0.5, 0.6) is 0 Å². The third-order valence-corrected chi connectivity index (χ3v) is 6.25. The van der Waals surface area contributed by atoms with Crippen LogP contribution >= 0.6 is 0 Å². The molecule has 6 nitrogen and oxygen atoms in total. The monoisotopic (exact) mass is 379 g/mol. The van der Waals surface area contributed by atoms with E-state index in [0.717, 1.165) is 49.9 Å². The number of benzene rings is 1. The molecule has 2 amide bonds. The highest BCUT2D eigenvalue weighted by Gasteiger charge is 2.33. The summed E-state index contributed by atoms with van der Waals surface area (Å²) in [6, 6.07) is 7.98. The Morgan fingerprint density at radius 3 is 2.75 bits per heavy atom. The predicted octanol–water partition coefficient (Wildman–Crippen LogP) is 3.58. The SMILES string of the molecule is O=C(N[C@H]1CC[C@@H](C(=O)Nc2ccc3c(c2)CCC3)C1)c1cc(C2CC2)no1. The average molecular weight is 379 g/mol. The first-order valence-corrected chi connectivity index (χ1v) is 10.4. The molecule has 0 unspecified atom stereocenters. The Balaban J connectivity index is 1.15. The van der Waals surface area contributed by atoms with E-state index in [-0.39, 0.29) is 29.5 Å². The maximum atomic E-state index is 12.6. The van der Waals surface area contributed by atoms with Crippen molar-refractivity contribution in [1.29, 1.82) is 0 Å². The van der Waals surface area contributed by atoms with Crippen LogP contribution in [0.1, 0.15) is 71.8 Å². The van der Waals surface area contributed by atoms with E-state index in [2.05, 4.69) is 27.9 Å². The molecule has 2 fully saturated rings. The van der Waals surface area contributed by atoms with Crippen LogP contribution in [0, 0.1) is 5.92 Å². The van der Waals surface area contributed by atoms with Crippen LogP contribution in [0.15, 0.2) is 28.8 Å². The van der Waals surface area contributed by atoms with Crippen LogP contribution in [0.2, 0.25) is 0 Å². The van der Waals surface area contributed by atoms with Gasteiger partial charge < -0.3 is 15.2 Å². The van der Waals surface area contributed by atoms with Gasteiger partial charge in [0.25, 0.3) is 5.91 Å². The lowest BCUT2D eigenvalue weighted by Gasteiger charge is -2.13. The van der Waals surface area contributed by atoms with Gasteiger partial charge in [-0.1, -0.05) is 11.2 Å². The van der Waals surface area contributed by atoms with Crippen LogP contribution in [0.25, 0.3) is 0 Å². The van der Waals surface area contributed by atoms with Crippen molar-refractivity contribution in [2.24, 2.45) is 5.92 Å². The van der Waals surface area contributed by atoms with Crippen molar-refractivity contribution in [2.45, 2.75) is 63.3 Å². The number of anilines is 1. The molecule has 5 rings (SSSR count). The number of carbonyl (C=O) groups excluding carboxylic acids is 2. The quantitative estimate of drug-likeness (QED) is 0.832. The van der Waals surface area contributed by atoms with Crippen LogP contribution in [0.4, 0.5) is 5.69 Å². The van der Waals surface area contributed by atoms with Gasteiger partial charge in [-0.25, -0.2) is 0 Å². The summed E-state index contributed by atoms with van der Waals surface area (Å²) >= 11 is 0. The molecule has 0 radical (unpaired) electrons. The van der Waals surface area contributed by atoms with Gasteiger partial charge in [-0.2, -0.15) is 0 Å². The Hall–Kier alpha value is -2.63. The lowest BCUT2D eigenvalue weighted by molar-refractivity contribution is -0.119. The Bertz CT molecular complexity index is 916. The van der Waals surface area contributed by atoms with Gasteiger partial charge in [-0.3, -0.25) is 9.59 Å². The summed E-state index contributed by atoms with van der Waals surface area (Å²) in [6.45, 7) is 0. The molecule has 0 bridgehead atoms. The molecule has 0 aliphatic heterocycles.